The summed E-state index contributed by atoms with van der Waals surface area (Å²) in [6.45, 7) is 4.72. The van der Waals surface area contributed by atoms with Crippen LogP contribution in [0.4, 0.5) is 10.1 Å². The highest BCUT2D eigenvalue weighted by molar-refractivity contribution is 6.37. The minimum atomic E-state index is -0.753. The van der Waals surface area contributed by atoms with Gasteiger partial charge < -0.3 is 15.0 Å². The maximum Gasteiger partial charge on any atom is 0.257 e. The van der Waals surface area contributed by atoms with E-state index in [0.717, 1.165) is 6.07 Å². The molecule has 1 aliphatic rings. The van der Waals surface area contributed by atoms with Crippen molar-refractivity contribution in [2.45, 2.75) is 26.1 Å². The van der Waals surface area contributed by atoms with Crippen LogP contribution in [0, 0.1) is 5.82 Å². The van der Waals surface area contributed by atoms with Crippen molar-refractivity contribution in [1.29, 1.82) is 0 Å². The number of anilines is 1. The van der Waals surface area contributed by atoms with E-state index in [2.05, 4.69) is 5.32 Å². The number of nitrogens with zero attached hydrogens (tertiary/aromatic N) is 1. The second kappa shape index (κ2) is 8.47. The number of amides is 2. The molecule has 1 heterocycles. The highest BCUT2D eigenvalue weighted by atomic mass is 35.5. The van der Waals surface area contributed by atoms with Gasteiger partial charge in [0.2, 0.25) is 0 Å². The molecule has 3 rings (SSSR count). The number of carbonyl (C=O) groups excluding carboxylic acids is 2. The van der Waals surface area contributed by atoms with Crippen molar-refractivity contribution in [1.82, 2.24) is 4.90 Å². The van der Waals surface area contributed by atoms with Crippen LogP contribution >= 0.6 is 23.2 Å². The topological polar surface area (TPSA) is 58.6 Å². The molecule has 0 aliphatic carbocycles. The minimum absolute atomic E-state index is 0.0172. The SMILES string of the molecule is C[C@@H]1CN(C(=O)c2ccccc2NC(=O)c2cc(F)c(Cl)cc2Cl)C[C@@H](C)O1. The lowest BCUT2D eigenvalue weighted by Gasteiger charge is -2.35. The molecule has 1 saturated heterocycles. The van der Waals surface area contributed by atoms with Crippen LogP contribution in [-0.2, 0) is 4.74 Å². The Hall–Kier alpha value is -2.15. The fourth-order valence-electron chi connectivity index (χ4n) is 3.18. The van der Waals surface area contributed by atoms with Crippen molar-refractivity contribution in [2.75, 3.05) is 18.4 Å². The van der Waals surface area contributed by atoms with E-state index in [0.29, 0.717) is 24.3 Å². The summed E-state index contributed by atoms with van der Waals surface area (Å²) in [5.74, 6) is -1.60. The van der Waals surface area contributed by atoms with Crippen molar-refractivity contribution in [3.63, 3.8) is 0 Å². The first-order chi connectivity index (χ1) is 13.3. The Balaban J connectivity index is 1.85. The Labute approximate surface area is 172 Å². The fraction of sp³-hybridized carbons (Fsp3) is 0.300. The molecule has 0 bridgehead atoms. The molecule has 28 heavy (non-hydrogen) atoms. The first-order valence-corrected chi connectivity index (χ1v) is 9.51. The molecule has 0 radical (unpaired) electrons. The Morgan fingerprint density at radius 3 is 2.39 bits per heavy atom. The summed E-state index contributed by atoms with van der Waals surface area (Å²) in [7, 11) is 0. The lowest BCUT2D eigenvalue weighted by atomic mass is 10.1. The summed E-state index contributed by atoms with van der Waals surface area (Å²) in [6, 6.07) is 8.79. The zero-order chi connectivity index (χ0) is 20.4. The number of rotatable bonds is 3. The lowest BCUT2D eigenvalue weighted by Crippen LogP contribution is -2.48. The molecule has 2 amide bonds. The summed E-state index contributed by atoms with van der Waals surface area (Å²) >= 11 is 11.7. The van der Waals surface area contributed by atoms with Gasteiger partial charge in [0.15, 0.2) is 0 Å². The molecule has 0 unspecified atom stereocenters. The van der Waals surface area contributed by atoms with Crippen LogP contribution in [0.5, 0.6) is 0 Å². The van der Waals surface area contributed by atoms with E-state index >= 15 is 0 Å². The number of benzene rings is 2. The van der Waals surface area contributed by atoms with Crippen molar-refractivity contribution in [2.24, 2.45) is 0 Å². The number of para-hydroxylation sites is 1. The van der Waals surface area contributed by atoms with Gasteiger partial charge >= 0.3 is 0 Å². The predicted octanol–water partition coefficient (Wildman–Crippen LogP) is 4.63. The van der Waals surface area contributed by atoms with Crippen molar-refractivity contribution < 1.29 is 18.7 Å². The van der Waals surface area contributed by atoms with Gasteiger partial charge in [0.25, 0.3) is 11.8 Å². The van der Waals surface area contributed by atoms with Gasteiger partial charge in [0.1, 0.15) is 5.82 Å². The Bertz CT molecular complexity index is 912. The Morgan fingerprint density at radius 2 is 1.71 bits per heavy atom. The van der Waals surface area contributed by atoms with Gasteiger partial charge in [-0.1, -0.05) is 35.3 Å². The number of hydrogen-bond acceptors (Lipinski definition) is 3. The fourth-order valence-corrected chi connectivity index (χ4v) is 3.65. The highest BCUT2D eigenvalue weighted by Gasteiger charge is 2.28. The summed E-state index contributed by atoms with van der Waals surface area (Å²) in [4.78, 5) is 27.3. The second-order valence-electron chi connectivity index (χ2n) is 6.71. The third-order valence-corrected chi connectivity index (χ3v) is 4.97. The molecular formula is C20H19Cl2FN2O3. The number of ether oxygens (including phenoxy) is 1. The predicted molar refractivity (Wildman–Crippen MR) is 107 cm³/mol. The van der Waals surface area contributed by atoms with Crippen LogP contribution in [-0.4, -0.2) is 42.0 Å². The van der Waals surface area contributed by atoms with E-state index in [9.17, 15) is 14.0 Å². The molecule has 0 aromatic heterocycles. The van der Waals surface area contributed by atoms with Crippen LogP contribution in [0.15, 0.2) is 36.4 Å². The Morgan fingerprint density at radius 1 is 1.07 bits per heavy atom. The molecule has 0 saturated carbocycles. The van der Waals surface area contributed by atoms with Crippen molar-refractivity contribution >= 4 is 40.7 Å². The van der Waals surface area contributed by atoms with E-state index in [4.69, 9.17) is 27.9 Å². The zero-order valence-electron chi connectivity index (χ0n) is 15.3. The highest BCUT2D eigenvalue weighted by Crippen LogP contribution is 2.26. The smallest absolute Gasteiger partial charge is 0.257 e. The molecule has 0 spiro atoms. The molecule has 1 fully saturated rings. The van der Waals surface area contributed by atoms with Crippen LogP contribution in [0.1, 0.15) is 34.6 Å². The second-order valence-corrected chi connectivity index (χ2v) is 7.53. The largest absolute Gasteiger partial charge is 0.372 e. The van der Waals surface area contributed by atoms with Crippen LogP contribution in [0.2, 0.25) is 10.0 Å². The Kier molecular flexibility index (Phi) is 6.23. The molecule has 1 aliphatic heterocycles. The lowest BCUT2D eigenvalue weighted by molar-refractivity contribution is -0.0585. The van der Waals surface area contributed by atoms with Crippen molar-refractivity contribution in [3.05, 3.63) is 63.4 Å². The van der Waals surface area contributed by atoms with E-state index in [1.807, 2.05) is 13.8 Å². The zero-order valence-corrected chi connectivity index (χ0v) is 16.9. The maximum atomic E-state index is 13.7. The standard InChI is InChI=1S/C20H19Cl2FN2O3/c1-11-9-25(10-12(2)28-11)20(27)13-5-3-4-6-18(13)24-19(26)14-7-17(23)16(22)8-15(14)21/h3-8,11-12H,9-10H2,1-2H3,(H,24,26)/t11-,12-/m1/s1. The average molecular weight is 425 g/mol. The van der Waals surface area contributed by atoms with Gasteiger partial charge in [0.05, 0.1) is 39.1 Å². The number of halogens is 3. The molecule has 2 aromatic carbocycles. The monoisotopic (exact) mass is 424 g/mol. The summed E-state index contributed by atoms with van der Waals surface area (Å²) < 4.78 is 19.4. The number of morpholine rings is 1. The van der Waals surface area contributed by atoms with Crippen LogP contribution in [0.3, 0.4) is 0 Å². The summed E-state index contributed by atoms with van der Waals surface area (Å²) in [5.41, 5.74) is 0.581. The normalized spacial score (nSPS) is 19.4. The van der Waals surface area contributed by atoms with E-state index < -0.39 is 11.7 Å². The van der Waals surface area contributed by atoms with Crippen LogP contribution in [0.25, 0.3) is 0 Å². The summed E-state index contributed by atoms with van der Waals surface area (Å²) in [5, 5.41) is 2.49. The third-order valence-electron chi connectivity index (χ3n) is 4.37. The average Bonchev–Trinajstić information content (AvgIpc) is 2.63. The van der Waals surface area contributed by atoms with Gasteiger partial charge in [-0.05, 0) is 38.1 Å². The van der Waals surface area contributed by atoms with Gasteiger partial charge in [-0.2, -0.15) is 0 Å². The third kappa shape index (κ3) is 4.46. The molecule has 2 atom stereocenters. The molecular weight excluding hydrogens is 406 g/mol. The first kappa shape index (κ1) is 20.6. The summed E-state index contributed by atoms with van der Waals surface area (Å²) in [6.07, 6.45) is -0.157. The van der Waals surface area contributed by atoms with Gasteiger partial charge in [0, 0.05) is 13.1 Å². The van der Waals surface area contributed by atoms with Gasteiger partial charge in [-0.25, -0.2) is 4.39 Å². The van der Waals surface area contributed by atoms with Crippen LogP contribution < -0.4 is 5.32 Å². The molecule has 5 nitrogen and oxygen atoms in total. The van der Waals surface area contributed by atoms with E-state index in [1.54, 1.807) is 29.2 Å². The molecule has 148 valence electrons. The molecule has 1 N–H and O–H groups in total. The number of carbonyl (C=O) groups is 2. The quantitative estimate of drug-likeness (QED) is 0.730. The first-order valence-electron chi connectivity index (χ1n) is 8.76. The number of nitrogens with one attached hydrogen (secondary N) is 1. The van der Waals surface area contributed by atoms with E-state index in [-0.39, 0.29) is 33.7 Å². The van der Waals surface area contributed by atoms with Crippen molar-refractivity contribution in [3.8, 4) is 0 Å². The minimum Gasteiger partial charge on any atom is -0.372 e. The maximum absolute atomic E-state index is 13.7. The molecule has 8 heteroatoms. The van der Waals surface area contributed by atoms with E-state index in [1.165, 1.54) is 6.07 Å². The number of hydrogen-bond donors (Lipinski definition) is 1. The van der Waals surface area contributed by atoms with Gasteiger partial charge in [-0.15, -0.1) is 0 Å². The van der Waals surface area contributed by atoms with Gasteiger partial charge in [-0.3, -0.25) is 9.59 Å². The molecule has 2 aromatic rings.